The summed E-state index contributed by atoms with van der Waals surface area (Å²) in [5.74, 6) is 1.64. The van der Waals surface area contributed by atoms with Crippen molar-refractivity contribution in [2.75, 3.05) is 13.1 Å². The zero-order valence-electron chi connectivity index (χ0n) is 15.1. The Labute approximate surface area is 158 Å². The van der Waals surface area contributed by atoms with E-state index in [1.54, 1.807) is 11.3 Å². The fraction of sp³-hybridized carbons (Fsp3) is 0.381. The maximum Gasteiger partial charge on any atom is 0.227 e. The van der Waals surface area contributed by atoms with Gasteiger partial charge in [-0.05, 0) is 43.3 Å². The van der Waals surface area contributed by atoms with Gasteiger partial charge in [-0.25, -0.2) is 4.98 Å². The molecule has 4 nitrogen and oxygen atoms in total. The number of piperidine rings is 1. The third kappa shape index (κ3) is 4.23. The molecule has 3 heterocycles. The molecule has 1 saturated heterocycles. The fourth-order valence-electron chi connectivity index (χ4n) is 3.38. The second-order valence-electron chi connectivity index (χ2n) is 6.83. The summed E-state index contributed by atoms with van der Waals surface area (Å²) in [6.45, 7) is 5.55. The molecule has 1 aliphatic heterocycles. The van der Waals surface area contributed by atoms with Gasteiger partial charge in [0.15, 0.2) is 0 Å². The third-order valence-corrected chi connectivity index (χ3v) is 5.51. The zero-order valence-corrected chi connectivity index (χ0v) is 15.9. The van der Waals surface area contributed by atoms with E-state index in [4.69, 9.17) is 14.1 Å². The van der Waals surface area contributed by atoms with Crippen LogP contribution in [0.3, 0.4) is 0 Å². The Hall–Kier alpha value is -1.95. The first kappa shape index (κ1) is 17.5. The number of ether oxygens (including phenoxy) is 1. The van der Waals surface area contributed by atoms with Gasteiger partial charge in [0.05, 0.1) is 18.4 Å². The van der Waals surface area contributed by atoms with Gasteiger partial charge in [0, 0.05) is 24.0 Å². The van der Waals surface area contributed by atoms with E-state index in [2.05, 4.69) is 34.5 Å². The van der Waals surface area contributed by atoms with Crippen LogP contribution < -0.4 is 0 Å². The van der Waals surface area contributed by atoms with Crippen molar-refractivity contribution in [1.29, 1.82) is 0 Å². The van der Waals surface area contributed by atoms with Crippen LogP contribution in [0.5, 0.6) is 0 Å². The molecule has 0 aliphatic carbocycles. The Kier molecular flexibility index (Phi) is 5.48. The summed E-state index contributed by atoms with van der Waals surface area (Å²) in [6, 6.07) is 12.4. The minimum Gasteiger partial charge on any atom is -0.441 e. The molecule has 0 saturated carbocycles. The molecule has 3 aromatic rings. The number of hydrogen-bond donors (Lipinski definition) is 0. The van der Waals surface area contributed by atoms with E-state index in [0.717, 1.165) is 55.4 Å². The van der Waals surface area contributed by atoms with Gasteiger partial charge in [0.1, 0.15) is 5.76 Å². The zero-order chi connectivity index (χ0) is 17.8. The van der Waals surface area contributed by atoms with Crippen molar-refractivity contribution in [3.63, 3.8) is 0 Å². The number of thiophene rings is 1. The monoisotopic (exact) mass is 368 g/mol. The highest BCUT2D eigenvalue weighted by Crippen LogP contribution is 2.25. The second kappa shape index (κ2) is 8.16. The predicted molar refractivity (Wildman–Crippen MR) is 104 cm³/mol. The number of nitrogens with zero attached hydrogens (tertiary/aromatic N) is 2. The normalized spacial score (nSPS) is 18.3. The largest absolute Gasteiger partial charge is 0.441 e. The van der Waals surface area contributed by atoms with Crippen molar-refractivity contribution in [2.24, 2.45) is 0 Å². The molecular weight excluding hydrogens is 344 g/mol. The van der Waals surface area contributed by atoms with E-state index in [0.29, 0.717) is 6.61 Å². The maximum atomic E-state index is 6.15. The Morgan fingerprint density at radius 1 is 1.27 bits per heavy atom. The van der Waals surface area contributed by atoms with Gasteiger partial charge in [-0.1, -0.05) is 30.3 Å². The summed E-state index contributed by atoms with van der Waals surface area (Å²) < 4.78 is 12.0. The first-order valence-corrected chi connectivity index (χ1v) is 10.1. The number of likely N-dealkylation sites (tertiary alicyclic amines) is 1. The summed E-state index contributed by atoms with van der Waals surface area (Å²) in [5, 5.41) is 4.12. The average molecular weight is 369 g/mol. The highest BCUT2D eigenvalue weighted by atomic mass is 32.1. The minimum atomic E-state index is 0.285. The van der Waals surface area contributed by atoms with E-state index >= 15 is 0 Å². The molecule has 1 aromatic carbocycles. The molecule has 136 valence electrons. The van der Waals surface area contributed by atoms with Crippen LogP contribution in [-0.2, 0) is 17.9 Å². The Morgan fingerprint density at radius 2 is 2.15 bits per heavy atom. The number of aryl methyl sites for hydroxylation is 1. The lowest BCUT2D eigenvalue weighted by atomic mass is 10.1. The fourth-order valence-corrected chi connectivity index (χ4v) is 4.01. The first-order chi connectivity index (χ1) is 12.8. The highest BCUT2D eigenvalue weighted by molar-refractivity contribution is 7.08. The Morgan fingerprint density at radius 3 is 2.96 bits per heavy atom. The SMILES string of the molecule is Cc1oc(-c2ccsc2)nc1CN1CCCC(OCc2ccccc2)C1. The molecule has 0 radical (unpaired) electrons. The number of aromatic nitrogens is 1. The van der Waals surface area contributed by atoms with Gasteiger partial charge >= 0.3 is 0 Å². The van der Waals surface area contributed by atoms with Crippen molar-refractivity contribution in [2.45, 2.75) is 39.0 Å². The lowest BCUT2D eigenvalue weighted by molar-refractivity contribution is -0.0123. The molecular formula is C21H24N2O2S. The summed E-state index contributed by atoms with van der Waals surface area (Å²) >= 11 is 1.66. The van der Waals surface area contributed by atoms with Crippen molar-refractivity contribution >= 4 is 11.3 Å². The maximum absolute atomic E-state index is 6.15. The lowest BCUT2D eigenvalue weighted by Crippen LogP contribution is -2.39. The molecule has 1 atom stereocenters. The Bertz CT molecular complexity index is 814. The molecule has 0 amide bonds. The van der Waals surface area contributed by atoms with Crippen LogP contribution >= 0.6 is 11.3 Å². The van der Waals surface area contributed by atoms with Crippen LogP contribution in [0.2, 0.25) is 0 Å². The average Bonchev–Trinajstić information content (AvgIpc) is 3.32. The van der Waals surface area contributed by atoms with E-state index in [1.807, 2.05) is 24.4 Å². The molecule has 1 unspecified atom stereocenters. The van der Waals surface area contributed by atoms with Crippen LogP contribution in [0.4, 0.5) is 0 Å². The van der Waals surface area contributed by atoms with Crippen LogP contribution in [0, 0.1) is 6.92 Å². The third-order valence-electron chi connectivity index (χ3n) is 4.82. The van der Waals surface area contributed by atoms with Crippen LogP contribution in [-0.4, -0.2) is 29.1 Å². The molecule has 26 heavy (non-hydrogen) atoms. The first-order valence-electron chi connectivity index (χ1n) is 9.14. The van der Waals surface area contributed by atoms with Crippen molar-refractivity contribution in [1.82, 2.24) is 9.88 Å². The summed E-state index contributed by atoms with van der Waals surface area (Å²) in [7, 11) is 0. The van der Waals surface area contributed by atoms with Crippen molar-refractivity contribution < 1.29 is 9.15 Å². The number of rotatable bonds is 6. The standard InChI is InChI=1S/C21H24N2O2S/c1-16-20(22-21(25-16)18-9-11-26-15-18)13-23-10-5-8-19(12-23)24-14-17-6-3-2-4-7-17/h2-4,6-7,9,11,15,19H,5,8,10,12-14H2,1H3. The van der Waals surface area contributed by atoms with Crippen LogP contribution in [0.25, 0.3) is 11.5 Å². The van der Waals surface area contributed by atoms with Crippen molar-refractivity contribution in [3.05, 3.63) is 64.2 Å². The van der Waals surface area contributed by atoms with Gasteiger partial charge in [-0.3, -0.25) is 4.90 Å². The van der Waals surface area contributed by atoms with Gasteiger partial charge < -0.3 is 9.15 Å². The minimum absolute atomic E-state index is 0.285. The van der Waals surface area contributed by atoms with Crippen LogP contribution in [0.1, 0.15) is 29.9 Å². The second-order valence-corrected chi connectivity index (χ2v) is 7.61. The molecule has 1 aliphatic rings. The van der Waals surface area contributed by atoms with E-state index < -0.39 is 0 Å². The molecule has 0 bridgehead atoms. The predicted octanol–water partition coefficient (Wildman–Crippen LogP) is 4.89. The van der Waals surface area contributed by atoms with Gasteiger partial charge in [0.25, 0.3) is 0 Å². The molecule has 5 heteroatoms. The van der Waals surface area contributed by atoms with Crippen molar-refractivity contribution in [3.8, 4) is 11.5 Å². The lowest BCUT2D eigenvalue weighted by Gasteiger charge is -2.32. The highest BCUT2D eigenvalue weighted by Gasteiger charge is 2.22. The number of benzene rings is 1. The molecule has 0 N–H and O–H groups in total. The molecule has 4 rings (SSSR count). The molecule has 2 aromatic heterocycles. The summed E-state index contributed by atoms with van der Waals surface area (Å²) in [6.07, 6.45) is 2.57. The Balaban J connectivity index is 1.35. The number of hydrogen-bond acceptors (Lipinski definition) is 5. The van der Waals surface area contributed by atoms with E-state index in [9.17, 15) is 0 Å². The molecule has 0 spiro atoms. The van der Waals surface area contributed by atoms with Gasteiger partial charge in [0.2, 0.25) is 5.89 Å². The van der Waals surface area contributed by atoms with Gasteiger partial charge in [-0.15, -0.1) is 0 Å². The van der Waals surface area contributed by atoms with E-state index in [1.165, 1.54) is 5.56 Å². The smallest absolute Gasteiger partial charge is 0.227 e. The molecule has 1 fully saturated rings. The van der Waals surface area contributed by atoms with E-state index in [-0.39, 0.29) is 6.10 Å². The quantitative estimate of drug-likeness (QED) is 0.621. The summed E-state index contributed by atoms with van der Waals surface area (Å²) in [5.41, 5.74) is 3.33. The van der Waals surface area contributed by atoms with Gasteiger partial charge in [-0.2, -0.15) is 11.3 Å². The summed E-state index contributed by atoms with van der Waals surface area (Å²) in [4.78, 5) is 7.15. The number of oxazole rings is 1. The topological polar surface area (TPSA) is 38.5 Å². The van der Waals surface area contributed by atoms with Crippen LogP contribution in [0.15, 0.2) is 51.6 Å².